The number of methoxy groups -OCH3 is 1. The van der Waals surface area contributed by atoms with E-state index in [1.807, 2.05) is 6.07 Å². The molecule has 1 atom stereocenters. The molecule has 17 heavy (non-hydrogen) atoms. The molecular weight excluding hydrogens is 214 g/mol. The first kappa shape index (κ1) is 10.7. The Hall–Kier alpha value is -1.48. The molecule has 0 spiro atoms. The van der Waals surface area contributed by atoms with Gasteiger partial charge in [-0.25, -0.2) is 0 Å². The molecule has 1 fully saturated rings. The summed E-state index contributed by atoms with van der Waals surface area (Å²) in [5.74, 6) is 0.817. The summed E-state index contributed by atoms with van der Waals surface area (Å²) in [4.78, 5) is 0. The number of benzene rings is 1. The van der Waals surface area contributed by atoms with E-state index in [1.54, 1.807) is 13.4 Å². The van der Waals surface area contributed by atoms with Gasteiger partial charge in [-0.1, -0.05) is 0 Å². The van der Waals surface area contributed by atoms with Gasteiger partial charge in [0.2, 0.25) is 0 Å². The Morgan fingerprint density at radius 2 is 2.29 bits per heavy atom. The van der Waals surface area contributed by atoms with E-state index in [0.29, 0.717) is 0 Å². The molecule has 0 saturated carbocycles. The molecule has 0 amide bonds. The van der Waals surface area contributed by atoms with Crippen LogP contribution in [0.2, 0.25) is 0 Å². The highest BCUT2D eigenvalue weighted by molar-refractivity contribution is 5.84. The van der Waals surface area contributed by atoms with Gasteiger partial charge in [-0.2, -0.15) is 0 Å². The summed E-state index contributed by atoms with van der Waals surface area (Å²) >= 11 is 0. The molecule has 1 aliphatic rings. The molecule has 90 valence electrons. The second-order valence-electron chi connectivity index (χ2n) is 4.88. The predicted molar refractivity (Wildman–Crippen MR) is 67.4 cm³/mol. The van der Waals surface area contributed by atoms with Gasteiger partial charge in [-0.3, -0.25) is 0 Å². The molecule has 1 aromatic heterocycles. The summed E-state index contributed by atoms with van der Waals surface area (Å²) < 4.78 is 10.9. The van der Waals surface area contributed by atoms with Crippen LogP contribution in [0.5, 0.6) is 5.75 Å². The Balaban J connectivity index is 2.16. The first-order chi connectivity index (χ1) is 8.23. The zero-order valence-corrected chi connectivity index (χ0v) is 10.2. The van der Waals surface area contributed by atoms with Crippen LogP contribution in [0.4, 0.5) is 0 Å². The summed E-state index contributed by atoms with van der Waals surface area (Å²) in [6, 6.07) is 6.27. The van der Waals surface area contributed by atoms with E-state index >= 15 is 0 Å². The van der Waals surface area contributed by atoms with Gasteiger partial charge in [-0.15, -0.1) is 0 Å². The Morgan fingerprint density at radius 1 is 1.41 bits per heavy atom. The van der Waals surface area contributed by atoms with Crippen molar-refractivity contribution in [1.82, 2.24) is 5.32 Å². The van der Waals surface area contributed by atoms with Gasteiger partial charge in [0.25, 0.3) is 0 Å². The van der Waals surface area contributed by atoms with Crippen molar-refractivity contribution < 1.29 is 9.15 Å². The molecule has 1 aromatic carbocycles. The number of hydrogen-bond acceptors (Lipinski definition) is 3. The Bertz CT molecular complexity index is 538. The fraction of sp³-hybridized carbons (Fsp3) is 0.429. The van der Waals surface area contributed by atoms with Crippen molar-refractivity contribution in [3.63, 3.8) is 0 Å². The number of ether oxygens (including phenoxy) is 1. The smallest absolute Gasteiger partial charge is 0.175 e. The number of furan rings is 1. The standard InChI is InChI=1S/C14H17NO2/c1-14(5-3-6-15-14)11-8-10-4-7-17-13(10)12(9-11)16-2/h4,7-9,15H,3,5-6H2,1-2H3. The normalized spacial score (nSPS) is 24.4. The Kier molecular flexibility index (Phi) is 2.37. The minimum Gasteiger partial charge on any atom is -0.493 e. The van der Waals surface area contributed by atoms with Crippen LogP contribution in [0, 0.1) is 0 Å². The third-order valence-corrected chi connectivity index (χ3v) is 3.74. The summed E-state index contributed by atoms with van der Waals surface area (Å²) in [5.41, 5.74) is 2.18. The predicted octanol–water partition coefficient (Wildman–Crippen LogP) is 3.04. The van der Waals surface area contributed by atoms with Crippen molar-refractivity contribution in [3.05, 3.63) is 30.0 Å². The van der Waals surface area contributed by atoms with Crippen LogP contribution in [0.25, 0.3) is 11.0 Å². The molecule has 0 radical (unpaired) electrons. The molecule has 3 heteroatoms. The van der Waals surface area contributed by atoms with E-state index in [2.05, 4.69) is 24.4 Å². The van der Waals surface area contributed by atoms with Crippen molar-refractivity contribution in [2.75, 3.05) is 13.7 Å². The van der Waals surface area contributed by atoms with Gasteiger partial charge < -0.3 is 14.5 Å². The molecule has 0 aliphatic carbocycles. The quantitative estimate of drug-likeness (QED) is 0.862. The van der Waals surface area contributed by atoms with Gasteiger partial charge in [0.05, 0.1) is 13.4 Å². The highest BCUT2D eigenvalue weighted by Gasteiger charge is 2.31. The lowest BCUT2D eigenvalue weighted by Gasteiger charge is -2.25. The van der Waals surface area contributed by atoms with Crippen molar-refractivity contribution >= 4 is 11.0 Å². The summed E-state index contributed by atoms with van der Waals surface area (Å²) in [5, 5.41) is 4.68. The van der Waals surface area contributed by atoms with E-state index in [-0.39, 0.29) is 5.54 Å². The maximum atomic E-state index is 5.45. The number of nitrogens with one attached hydrogen (secondary N) is 1. The summed E-state index contributed by atoms with van der Waals surface area (Å²) in [6.07, 6.45) is 4.10. The fourth-order valence-electron chi connectivity index (χ4n) is 2.66. The third-order valence-electron chi connectivity index (χ3n) is 3.74. The topological polar surface area (TPSA) is 34.4 Å². The molecule has 1 saturated heterocycles. The maximum absolute atomic E-state index is 5.45. The molecule has 3 nitrogen and oxygen atoms in total. The highest BCUT2D eigenvalue weighted by atomic mass is 16.5. The zero-order chi connectivity index (χ0) is 11.9. The van der Waals surface area contributed by atoms with Crippen LogP contribution >= 0.6 is 0 Å². The van der Waals surface area contributed by atoms with E-state index in [4.69, 9.17) is 9.15 Å². The van der Waals surface area contributed by atoms with Crippen LogP contribution in [-0.4, -0.2) is 13.7 Å². The molecular formula is C14H17NO2. The lowest BCUT2D eigenvalue weighted by molar-refractivity contribution is 0.401. The van der Waals surface area contributed by atoms with Crippen LogP contribution < -0.4 is 10.1 Å². The highest BCUT2D eigenvalue weighted by Crippen LogP contribution is 2.36. The molecule has 3 rings (SSSR count). The van der Waals surface area contributed by atoms with Crippen molar-refractivity contribution in [1.29, 1.82) is 0 Å². The van der Waals surface area contributed by atoms with Gasteiger partial charge in [-0.05, 0) is 50.1 Å². The molecule has 1 unspecified atom stereocenters. The minimum atomic E-state index is 0.0682. The summed E-state index contributed by atoms with van der Waals surface area (Å²) in [6.45, 7) is 3.34. The van der Waals surface area contributed by atoms with E-state index in [1.165, 1.54) is 18.4 Å². The van der Waals surface area contributed by atoms with Crippen molar-refractivity contribution in [2.45, 2.75) is 25.3 Å². The second-order valence-corrected chi connectivity index (χ2v) is 4.88. The van der Waals surface area contributed by atoms with Gasteiger partial charge >= 0.3 is 0 Å². The largest absolute Gasteiger partial charge is 0.493 e. The zero-order valence-electron chi connectivity index (χ0n) is 10.2. The average molecular weight is 231 g/mol. The fourth-order valence-corrected chi connectivity index (χ4v) is 2.66. The van der Waals surface area contributed by atoms with E-state index in [9.17, 15) is 0 Å². The first-order valence-electron chi connectivity index (χ1n) is 6.04. The average Bonchev–Trinajstić information content (AvgIpc) is 2.96. The molecule has 1 N–H and O–H groups in total. The first-order valence-corrected chi connectivity index (χ1v) is 6.04. The van der Waals surface area contributed by atoms with Crippen molar-refractivity contribution in [3.8, 4) is 5.75 Å². The second kappa shape index (κ2) is 3.77. The van der Waals surface area contributed by atoms with Crippen molar-refractivity contribution in [2.24, 2.45) is 0 Å². The van der Waals surface area contributed by atoms with E-state index in [0.717, 1.165) is 23.3 Å². The molecule has 1 aliphatic heterocycles. The SMILES string of the molecule is COc1cc(C2(C)CCCN2)cc2ccoc12. The number of rotatable bonds is 2. The third kappa shape index (κ3) is 1.62. The van der Waals surface area contributed by atoms with Gasteiger partial charge in [0.15, 0.2) is 11.3 Å². The molecule has 2 aromatic rings. The van der Waals surface area contributed by atoms with E-state index < -0.39 is 0 Å². The maximum Gasteiger partial charge on any atom is 0.175 e. The molecule has 0 bridgehead atoms. The van der Waals surface area contributed by atoms with Gasteiger partial charge in [0, 0.05) is 10.9 Å². The lowest BCUT2D eigenvalue weighted by atomic mass is 9.89. The van der Waals surface area contributed by atoms with Crippen LogP contribution in [-0.2, 0) is 5.54 Å². The van der Waals surface area contributed by atoms with Crippen LogP contribution in [0.3, 0.4) is 0 Å². The Labute approximate surface area is 101 Å². The van der Waals surface area contributed by atoms with Crippen LogP contribution in [0.1, 0.15) is 25.3 Å². The monoisotopic (exact) mass is 231 g/mol. The molecule has 2 heterocycles. The Morgan fingerprint density at radius 3 is 3.00 bits per heavy atom. The lowest BCUT2D eigenvalue weighted by Crippen LogP contribution is -2.33. The number of hydrogen-bond donors (Lipinski definition) is 1. The minimum absolute atomic E-state index is 0.0682. The van der Waals surface area contributed by atoms with Crippen LogP contribution in [0.15, 0.2) is 28.9 Å². The summed E-state index contributed by atoms with van der Waals surface area (Å²) in [7, 11) is 1.69. The number of fused-ring (bicyclic) bond motifs is 1. The van der Waals surface area contributed by atoms with Gasteiger partial charge in [0.1, 0.15) is 0 Å².